The van der Waals surface area contributed by atoms with Gasteiger partial charge < -0.3 is 14.5 Å². The molecule has 0 aliphatic rings. The summed E-state index contributed by atoms with van der Waals surface area (Å²) in [6.45, 7) is 8.65. The molecule has 1 heterocycles. The molecule has 0 unspecified atom stereocenters. The van der Waals surface area contributed by atoms with Crippen molar-refractivity contribution < 1.29 is 0 Å². The van der Waals surface area contributed by atoms with Crippen LogP contribution in [0.4, 0.5) is 0 Å². The fraction of sp³-hybridized carbons (Fsp3) is 0.500. The van der Waals surface area contributed by atoms with Crippen LogP contribution in [0.2, 0.25) is 0 Å². The lowest BCUT2D eigenvalue weighted by atomic mass is 10.3. The van der Waals surface area contributed by atoms with E-state index in [1.165, 1.54) is 11.9 Å². The van der Waals surface area contributed by atoms with E-state index in [4.69, 9.17) is 12.2 Å². The van der Waals surface area contributed by atoms with Crippen molar-refractivity contribution in [2.45, 2.75) is 26.8 Å². The number of rotatable bonds is 6. The first-order chi connectivity index (χ1) is 9.15. The Kier molecular flexibility index (Phi) is 5.19. The standard InChI is InChI=1S/C14H20BrN3S/c1-3-7-17(4-2)8-9-18-13-6-5-11(15)10-12(13)16-14(18)19/h5-6,10H,3-4,7-9H2,1-2H3,(H,16,19). The molecule has 0 radical (unpaired) electrons. The van der Waals surface area contributed by atoms with E-state index in [0.29, 0.717) is 0 Å². The Morgan fingerprint density at radius 3 is 2.79 bits per heavy atom. The van der Waals surface area contributed by atoms with Crippen LogP contribution in [0.5, 0.6) is 0 Å². The van der Waals surface area contributed by atoms with E-state index in [1.807, 2.05) is 0 Å². The molecule has 0 bridgehead atoms. The van der Waals surface area contributed by atoms with Gasteiger partial charge in [0.1, 0.15) is 0 Å². The van der Waals surface area contributed by atoms with Gasteiger partial charge in [0.15, 0.2) is 4.77 Å². The summed E-state index contributed by atoms with van der Waals surface area (Å²) in [7, 11) is 0. The maximum atomic E-state index is 5.42. The molecule has 0 fully saturated rings. The second-order valence-corrected chi connectivity index (χ2v) is 5.98. The zero-order chi connectivity index (χ0) is 13.8. The van der Waals surface area contributed by atoms with Gasteiger partial charge in [0.2, 0.25) is 0 Å². The maximum Gasteiger partial charge on any atom is 0.178 e. The smallest absolute Gasteiger partial charge is 0.178 e. The maximum absolute atomic E-state index is 5.42. The minimum atomic E-state index is 0.806. The molecular formula is C14H20BrN3S. The molecule has 5 heteroatoms. The third-order valence-electron chi connectivity index (χ3n) is 3.36. The van der Waals surface area contributed by atoms with Crippen molar-refractivity contribution in [2.24, 2.45) is 0 Å². The number of hydrogen-bond acceptors (Lipinski definition) is 2. The van der Waals surface area contributed by atoms with Gasteiger partial charge >= 0.3 is 0 Å². The van der Waals surface area contributed by atoms with Crippen LogP contribution in [0, 0.1) is 4.77 Å². The molecule has 0 amide bonds. The average molecular weight is 342 g/mol. The van der Waals surface area contributed by atoms with Gasteiger partial charge in [-0.3, -0.25) is 0 Å². The first kappa shape index (κ1) is 14.8. The van der Waals surface area contributed by atoms with Gasteiger partial charge in [-0.2, -0.15) is 0 Å². The highest BCUT2D eigenvalue weighted by Gasteiger charge is 2.06. The number of hydrogen-bond donors (Lipinski definition) is 1. The lowest BCUT2D eigenvalue weighted by molar-refractivity contribution is 0.277. The summed E-state index contributed by atoms with van der Waals surface area (Å²) in [5.74, 6) is 0. The number of H-pyrrole nitrogens is 1. The fourth-order valence-electron chi connectivity index (χ4n) is 2.34. The topological polar surface area (TPSA) is 24.0 Å². The molecule has 2 aromatic rings. The molecular weight excluding hydrogens is 322 g/mol. The Bertz CT molecular complexity index is 602. The summed E-state index contributed by atoms with van der Waals surface area (Å²) in [6.07, 6.45) is 1.19. The number of halogens is 1. The molecule has 0 saturated carbocycles. The second-order valence-electron chi connectivity index (χ2n) is 4.68. The molecule has 1 N–H and O–H groups in total. The van der Waals surface area contributed by atoms with Crippen molar-refractivity contribution in [2.75, 3.05) is 19.6 Å². The first-order valence-electron chi connectivity index (χ1n) is 6.76. The van der Waals surface area contributed by atoms with Gasteiger partial charge in [-0.15, -0.1) is 0 Å². The third-order valence-corrected chi connectivity index (χ3v) is 4.18. The predicted molar refractivity (Wildman–Crippen MR) is 87.2 cm³/mol. The van der Waals surface area contributed by atoms with Gasteiger partial charge in [-0.05, 0) is 49.9 Å². The van der Waals surface area contributed by atoms with E-state index < -0.39 is 0 Å². The number of nitrogens with zero attached hydrogens (tertiary/aromatic N) is 2. The zero-order valence-electron chi connectivity index (χ0n) is 11.4. The van der Waals surface area contributed by atoms with Crippen LogP contribution in [0.1, 0.15) is 20.3 Å². The van der Waals surface area contributed by atoms with Crippen LogP contribution in [-0.2, 0) is 6.54 Å². The van der Waals surface area contributed by atoms with Crippen molar-refractivity contribution in [3.05, 3.63) is 27.4 Å². The summed E-state index contributed by atoms with van der Waals surface area (Å²) in [6, 6.07) is 6.25. The SMILES string of the molecule is CCCN(CC)CCn1c(=S)[nH]c2cc(Br)ccc21. The molecule has 0 spiro atoms. The van der Waals surface area contributed by atoms with Crippen molar-refractivity contribution in [3.63, 3.8) is 0 Å². The van der Waals surface area contributed by atoms with Crippen LogP contribution >= 0.6 is 28.1 Å². The number of benzene rings is 1. The summed E-state index contributed by atoms with van der Waals surface area (Å²) in [5, 5.41) is 0. The van der Waals surface area contributed by atoms with Crippen molar-refractivity contribution >= 4 is 39.2 Å². The van der Waals surface area contributed by atoms with Crippen LogP contribution in [-0.4, -0.2) is 34.1 Å². The fourth-order valence-corrected chi connectivity index (χ4v) is 3.00. The highest BCUT2D eigenvalue weighted by atomic mass is 79.9. The summed E-state index contributed by atoms with van der Waals surface area (Å²) < 4.78 is 4.07. The third kappa shape index (κ3) is 3.46. The molecule has 1 aromatic heterocycles. The average Bonchev–Trinajstić information content (AvgIpc) is 2.69. The Hall–Kier alpha value is -0.650. The van der Waals surface area contributed by atoms with Gasteiger partial charge in [-0.25, -0.2) is 0 Å². The monoisotopic (exact) mass is 341 g/mol. The van der Waals surface area contributed by atoms with Crippen LogP contribution in [0.25, 0.3) is 11.0 Å². The van der Waals surface area contributed by atoms with E-state index in [-0.39, 0.29) is 0 Å². The lowest BCUT2D eigenvalue weighted by Crippen LogP contribution is -2.28. The second kappa shape index (κ2) is 6.68. The molecule has 0 aliphatic carbocycles. The van der Waals surface area contributed by atoms with Gasteiger partial charge in [0.05, 0.1) is 11.0 Å². The Labute approximate surface area is 127 Å². The summed E-state index contributed by atoms with van der Waals surface area (Å²) in [4.78, 5) is 5.73. The summed E-state index contributed by atoms with van der Waals surface area (Å²) in [5.41, 5.74) is 2.28. The van der Waals surface area contributed by atoms with Gasteiger partial charge in [-0.1, -0.05) is 29.8 Å². The minimum absolute atomic E-state index is 0.806. The van der Waals surface area contributed by atoms with Crippen molar-refractivity contribution in [1.82, 2.24) is 14.5 Å². The predicted octanol–water partition coefficient (Wildman–Crippen LogP) is 4.19. The number of nitrogens with one attached hydrogen (secondary N) is 1. The Balaban J connectivity index is 2.20. The number of likely N-dealkylation sites (N-methyl/N-ethyl adjacent to an activating group) is 1. The molecule has 1 aromatic carbocycles. The molecule has 3 nitrogen and oxygen atoms in total. The number of imidazole rings is 1. The highest BCUT2D eigenvalue weighted by Crippen LogP contribution is 2.19. The van der Waals surface area contributed by atoms with Gasteiger partial charge in [0, 0.05) is 17.6 Å². The van der Waals surface area contributed by atoms with E-state index in [0.717, 1.165) is 40.9 Å². The highest BCUT2D eigenvalue weighted by molar-refractivity contribution is 9.10. The quantitative estimate of drug-likeness (QED) is 0.796. The molecule has 0 saturated heterocycles. The normalized spacial score (nSPS) is 11.6. The Morgan fingerprint density at radius 1 is 1.32 bits per heavy atom. The van der Waals surface area contributed by atoms with Crippen molar-refractivity contribution in [3.8, 4) is 0 Å². The number of aromatic nitrogens is 2. The van der Waals surface area contributed by atoms with E-state index in [1.54, 1.807) is 0 Å². The molecule has 0 aliphatic heterocycles. The Morgan fingerprint density at radius 2 is 2.11 bits per heavy atom. The van der Waals surface area contributed by atoms with E-state index >= 15 is 0 Å². The molecule has 19 heavy (non-hydrogen) atoms. The van der Waals surface area contributed by atoms with Crippen LogP contribution < -0.4 is 0 Å². The zero-order valence-corrected chi connectivity index (χ0v) is 13.9. The van der Waals surface area contributed by atoms with E-state index in [2.05, 4.69) is 62.4 Å². The van der Waals surface area contributed by atoms with E-state index in [9.17, 15) is 0 Å². The molecule has 104 valence electrons. The molecule has 0 atom stereocenters. The number of fused-ring (bicyclic) bond motifs is 1. The summed E-state index contributed by atoms with van der Waals surface area (Å²) >= 11 is 8.91. The number of aromatic amines is 1. The van der Waals surface area contributed by atoms with Crippen molar-refractivity contribution in [1.29, 1.82) is 0 Å². The first-order valence-corrected chi connectivity index (χ1v) is 7.96. The lowest BCUT2D eigenvalue weighted by Gasteiger charge is -2.19. The van der Waals surface area contributed by atoms with Crippen LogP contribution in [0.3, 0.4) is 0 Å². The molecule has 2 rings (SSSR count). The largest absolute Gasteiger partial charge is 0.331 e. The van der Waals surface area contributed by atoms with Gasteiger partial charge in [0.25, 0.3) is 0 Å². The van der Waals surface area contributed by atoms with Crippen LogP contribution in [0.15, 0.2) is 22.7 Å². The minimum Gasteiger partial charge on any atom is -0.331 e.